The highest BCUT2D eigenvalue weighted by atomic mass is 15.2. The lowest BCUT2D eigenvalue weighted by Crippen LogP contribution is -2.02. The lowest BCUT2D eigenvalue weighted by atomic mass is 10.2. The predicted octanol–water partition coefficient (Wildman–Crippen LogP) is 3.22. The molecule has 2 aromatic carbocycles. The van der Waals surface area contributed by atoms with Crippen LogP contribution < -0.4 is 5.73 Å². The van der Waals surface area contributed by atoms with Gasteiger partial charge in [0.2, 0.25) is 5.95 Å². The van der Waals surface area contributed by atoms with Gasteiger partial charge < -0.3 is 5.73 Å². The molecule has 1 heterocycles. The quantitative estimate of drug-likeness (QED) is 0.706. The van der Waals surface area contributed by atoms with Crippen LogP contribution in [-0.2, 0) is 0 Å². The Morgan fingerprint density at radius 2 is 1.83 bits per heavy atom. The summed E-state index contributed by atoms with van der Waals surface area (Å²) in [5.41, 5.74) is 11.5. The fraction of sp³-hybridized carbons (Fsp3) is 0.133. The topological polar surface area (TPSA) is 43.8 Å². The smallest absolute Gasteiger partial charge is 0.205 e. The van der Waals surface area contributed by atoms with Gasteiger partial charge in [0.25, 0.3) is 0 Å². The Labute approximate surface area is 106 Å². The average molecular weight is 237 g/mol. The monoisotopic (exact) mass is 237 g/mol. The molecule has 18 heavy (non-hydrogen) atoms. The minimum Gasteiger partial charge on any atom is -0.369 e. The molecule has 3 heteroatoms. The molecule has 0 amide bonds. The number of hydrogen-bond acceptors (Lipinski definition) is 2. The molecular weight excluding hydrogens is 222 g/mol. The van der Waals surface area contributed by atoms with Crippen LogP contribution in [0.1, 0.15) is 11.1 Å². The Hall–Kier alpha value is -2.29. The summed E-state index contributed by atoms with van der Waals surface area (Å²) in [7, 11) is 0. The van der Waals surface area contributed by atoms with Gasteiger partial charge in [0.05, 0.1) is 16.7 Å². The van der Waals surface area contributed by atoms with Gasteiger partial charge in [-0.25, -0.2) is 4.98 Å². The van der Waals surface area contributed by atoms with Gasteiger partial charge in [0.15, 0.2) is 0 Å². The maximum Gasteiger partial charge on any atom is 0.205 e. The summed E-state index contributed by atoms with van der Waals surface area (Å²) in [4.78, 5) is 4.43. The first-order chi connectivity index (χ1) is 8.66. The Morgan fingerprint density at radius 1 is 1.06 bits per heavy atom. The molecule has 90 valence electrons. The second-order valence-electron chi connectivity index (χ2n) is 4.58. The number of imidazole rings is 1. The van der Waals surface area contributed by atoms with Gasteiger partial charge in [-0.15, -0.1) is 0 Å². The van der Waals surface area contributed by atoms with Crippen molar-refractivity contribution in [2.24, 2.45) is 0 Å². The van der Waals surface area contributed by atoms with E-state index >= 15 is 0 Å². The zero-order valence-electron chi connectivity index (χ0n) is 10.5. The summed E-state index contributed by atoms with van der Waals surface area (Å²) in [5.74, 6) is 0.532. The molecule has 3 rings (SSSR count). The maximum absolute atomic E-state index is 6.06. The highest BCUT2D eigenvalue weighted by Gasteiger charge is 2.11. The molecule has 3 nitrogen and oxygen atoms in total. The Kier molecular flexibility index (Phi) is 2.33. The van der Waals surface area contributed by atoms with E-state index in [-0.39, 0.29) is 0 Å². The third-order valence-corrected chi connectivity index (χ3v) is 3.19. The lowest BCUT2D eigenvalue weighted by Gasteiger charge is -2.09. The van der Waals surface area contributed by atoms with Crippen molar-refractivity contribution >= 4 is 17.0 Å². The van der Waals surface area contributed by atoms with E-state index in [1.807, 2.05) is 16.7 Å². The van der Waals surface area contributed by atoms with E-state index in [0.717, 1.165) is 16.7 Å². The van der Waals surface area contributed by atoms with Crippen molar-refractivity contribution in [1.82, 2.24) is 9.55 Å². The summed E-state index contributed by atoms with van der Waals surface area (Å²) in [6, 6.07) is 14.4. The van der Waals surface area contributed by atoms with Crippen molar-refractivity contribution in [1.29, 1.82) is 0 Å². The van der Waals surface area contributed by atoms with Gasteiger partial charge in [0, 0.05) is 0 Å². The molecule has 0 saturated heterocycles. The molecule has 0 bridgehead atoms. The molecule has 0 aliphatic carbocycles. The number of anilines is 1. The van der Waals surface area contributed by atoms with Crippen LogP contribution in [0.25, 0.3) is 16.7 Å². The summed E-state index contributed by atoms with van der Waals surface area (Å²) in [5, 5.41) is 0. The zero-order valence-corrected chi connectivity index (χ0v) is 10.5. The first-order valence-electron chi connectivity index (χ1n) is 5.97. The number of benzene rings is 2. The lowest BCUT2D eigenvalue weighted by molar-refractivity contribution is 1.09. The molecule has 0 unspecified atom stereocenters. The number of nitrogens with two attached hydrogens (primary N) is 1. The molecule has 3 aromatic rings. The number of fused-ring (bicyclic) bond motifs is 1. The summed E-state index contributed by atoms with van der Waals surface area (Å²) < 4.78 is 2.00. The van der Waals surface area contributed by atoms with Crippen LogP contribution in [0.3, 0.4) is 0 Å². The summed E-state index contributed by atoms with van der Waals surface area (Å²) >= 11 is 0. The van der Waals surface area contributed by atoms with Crippen LogP contribution in [0, 0.1) is 13.8 Å². The Morgan fingerprint density at radius 3 is 2.61 bits per heavy atom. The van der Waals surface area contributed by atoms with E-state index in [2.05, 4.69) is 49.2 Å². The van der Waals surface area contributed by atoms with Gasteiger partial charge in [-0.2, -0.15) is 0 Å². The van der Waals surface area contributed by atoms with Crippen molar-refractivity contribution in [3.05, 3.63) is 53.6 Å². The van der Waals surface area contributed by atoms with Crippen molar-refractivity contribution < 1.29 is 0 Å². The van der Waals surface area contributed by atoms with Gasteiger partial charge in [-0.05, 0) is 43.2 Å². The number of aryl methyl sites for hydroxylation is 2. The number of aromatic nitrogens is 2. The molecule has 0 aliphatic heterocycles. The second kappa shape index (κ2) is 3.88. The molecule has 0 aliphatic rings. The Balaban J connectivity index is 2.36. The van der Waals surface area contributed by atoms with Crippen LogP contribution in [-0.4, -0.2) is 9.55 Å². The largest absolute Gasteiger partial charge is 0.369 e. The molecule has 0 fully saturated rings. The van der Waals surface area contributed by atoms with E-state index in [0.29, 0.717) is 5.95 Å². The molecule has 0 radical (unpaired) electrons. The highest BCUT2D eigenvalue weighted by Crippen LogP contribution is 2.25. The van der Waals surface area contributed by atoms with Crippen molar-refractivity contribution in [3.8, 4) is 5.69 Å². The maximum atomic E-state index is 6.06. The standard InChI is InChI=1S/C15H15N3/c1-10-7-8-14-12(9-10)17-15(16)18(14)13-6-4-3-5-11(13)2/h3-9H,1-2H3,(H2,16,17). The van der Waals surface area contributed by atoms with Gasteiger partial charge in [-0.1, -0.05) is 24.3 Å². The first-order valence-corrected chi connectivity index (χ1v) is 5.97. The van der Waals surface area contributed by atoms with Crippen molar-refractivity contribution in [2.75, 3.05) is 5.73 Å². The number of rotatable bonds is 1. The first kappa shape index (κ1) is 10.8. The fourth-order valence-electron chi connectivity index (χ4n) is 2.28. The SMILES string of the molecule is Cc1ccc2c(c1)nc(N)n2-c1ccccc1C. The van der Waals surface area contributed by atoms with Crippen LogP contribution >= 0.6 is 0 Å². The second-order valence-corrected chi connectivity index (χ2v) is 4.58. The molecule has 0 saturated carbocycles. The van der Waals surface area contributed by atoms with Crippen LogP contribution in [0.15, 0.2) is 42.5 Å². The number of para-hydroxylation sites is 1. The van der Waals surface area contributed by atoms with Gasteiger partial charge >= 0.3 is 0 Å². The van der Waals surface area contributed by atoms with E-state index in [1.165, 1.54) is 11.1 Å². The Bertz CT molecular complexity index is 726. The van der Waals surface area contributed by atoms with Crippen LogP contribution in [0.2, 0.25) is 0 Å². The molecule has 2 N–H and O–H groups in total. The summed E-state index contributed by atoms with van der Waals surface area (Å²) in [6.07, 6.45) is 0. The molecule has 0 spiro atoms. The molecular formula is C15H15N3. The highest BCUT2D eigenvalue weighted by molar-refractivity contribution is 5.81. The molecule has 1 aromatic heterocycles. The fourth-order valence-corrected chi connectivity index (χ4v) is 2.28. The molecule has 0 atom stereocenters. The van der Waals surface area contributed by atoms with E-state index < -0.39 is 0 Å². The van der Waals surface area contributed by atoms with Gasteiger partial charge in [0.1, 0.15) is 0 Å². The van der Waals surface area contributed by atoms with E-state index in [1.54, 1.807) is 0 Å². The number of nitrogen functional groups attached to an aromatic ring is 1. The van der Waals surface area contributed by atoms with Gasteiger partial charge in [-0.3, -0.25) is 4.57 Å². The zero-order chi connectivity index (χ0) is 12.7. The number of nitrogens with zero attached hydrogens (tertiary/aromatic N) is 2. The van der Waals surface area contributed by atoms with Crippen molar-refractivity contribution in [2.45, 2.75) is 13.8 Å². The third kappa shape index (κ3) is 1.56. The minimum atomic E-state index is 0.532. The van der Waals surface area contributed by atoms with Crippen molar-refractivity contribution in [3.63, 3.8) is 0 Å². The normalized spacial score (nSPS) is 11.0. The average Bonchev–Trinajstić information content (AvgIpc) is 2.65. The number of hydrogen-bond donors (Lipinski definition) is 1. The summed E-state index contributed by atoms with van der Waals surface area (Å²) in [6.45, 7) is 4.14. The van der Waals surface area contributed by atoms with E-state index in [9.17, 15) is 0 Å². The third-order valence-electron chi connectivity index (χ3n) is 3.19. The predicted molar refractivity (Wildman–Crippen MR) is 75.0 cm³/mol. The van der Waals surface area contributed by atoms with E-state index in [4.69, 9.17) is 5.73 Å². The minimum absolute atomic E-state index is 0.532. The van der Waals surface area contributed by atoms with Crippen LogP contribution in [0.4, 0.5) is 5.95 Å². The van der Waals surface area contributed by atoms with Crippen LogP contribution in [0.5, 0.6) is 0 Å².